The lowest BCUT2D eigenvalue weighted by Gasteiger charge is -2.29. The highest BCUT2D eigenvalue weighted by molar-refractivity contribution is 5.89. The van der Waals surface area contributed by atoms with Crippen LogP contribution in [0.4, 0.5) is 5.69 Å². The molecule has 18 heavy (non-hydrogen) atoms. The van der Waals surface area contributed by atoms with E-state index in [9.17, 15) is 0 Å². The van der Waals surface area contributed by atoms with Gasteiger partial charge in [-0.2, -0.15) is 5.10 Å². The molecule has 3 nitrogen and oxygen atoms in total. The smallest absolute Gasteiger partial charge is 0.0881 e. The quantitative estimate of drug-likeness (QED) is 0.857. The van der Waals surface area contributed by atoms with Gasteiger partial charge in [-0.3, -0.25) is 5.10 Å². The molecule has 1 aliphatic carbocycles. The van der Waals surface area contributed by atoms with Gasteiger partial charge in [0.15, 0.2) is 0 Å². The van der Waals surface area contributed by atoms with Gasteiger partial charge >= 0.3 is 0 Å². The van der Waals surface area contributed by atoms with Crippen molar-refractivity contribution in [1.82, 2.24) is 10.2 Å². The zero-order valence-electron chi connectivity index (χ0n) is 10.9. The molecule has 2 N–H and O–H groups in total. The Bertz CT molecular complexity index is 509. The fraction of sp³-hybridized carbons (Fsp3) is 0.533. The molecule has 0 atom stereocenters. The predicted molar refractivity (Wildman–Crippen MR) is 75.8 cm³/mol. The first-order valence-corrected chi connectivity index (χ1v) is 7.05. The van der Waals surface area contributed by atoms with E-state index in [0.29, 0.717) is 6.04 Å². The van der Waals surface area contributed by atoms with Crippen LogP contribution >= 0.6 is 0 Å². The summed E-state index contributed by atoms with van der Waals surface area (Å²) in [6.07, 6.45) is 8.55. The number of aromatic nitrogens is 2. The second-order valence-electron chi connectivity index (χ2n) is 5.41. The number of H-pyrrole nitrogens is 1. The highest BCUT2D eigenvalue weighted by Crippen LogP contribution is 2.30. The molecule has 3 rings (SSSR count). The first kappa shape index (κ1) is 11.6. The predicted octanol–water partition coefficient (Wildman–Crippen LogP) is 3.94. The van der Waals surface area contributed by atoms with Crippen molar-refractivity contribution in [2.45, 2.75) is 45.1 Å². The summed E-state index contributed by atoms with van der Waals surface area (Å²) < 4.78 is 0. The molecule has 1 aromatic heterocycles. The van der Waals surface area contributed by atoms with Gasteiger partial charge in [0.2, 0.25) is 0 Å². The Hall–Kier alpha value is -1.51. The Balaban J connectivity index is 1.71. The first-order valence-electron chi connectivity index (χ1n) is 7.05. The summed E-state index contributed by atoms with van der Waals surface area (Å²) in [5, 5.41) is 12.1. The van der Waals surface area contributed by atoms with Gasteiger partial charge in [0.05, 0.1) is 17.4 Å². The number of nitrogens with zero attached hydrogens (tertiary/aromatic N) is 1. The molecule has 0 amide bonds. The van der Waals surface area contributed by atoms with E-state index in [1.165, 1.54) is 43.2 Å². The minimum absolute atomic E-state index is 0.627. The van der Waals surface area contributed by atoms with Crippen molar-refractivity contribution in [1.29, 1.82) is 0 Å². The maximum Gasteiger partial charge on any atom is 0.0881 e. The third kappa shape index (κ3) is 2.22. The molecule has 1 heterocycles. The van der Waals surface area contributed by atoms with Crippen LogP contribution < -0.4 is 5.32 Å². The van der Waals surface area contributed by atoms with Crippen molar-refractivity contribution in [2.24, 2.45) is 5.92 Å². The van der Waals surface area contributed by atoms with Crippen LogP contribution in [-0.4, -0.2) is 16.2 Å². The van der Waals surface area contributed by atoms with Gasteiger partial charge in [-0.25, -0.2) is 0 Å². The number of fused-ring (bicyclic) bond motifs is 1. The molecule has 0 radical (unpaired) electrons. The van der Waals surface area contributed by atoms with Crippen molar-refractivity contribution >= 4 is 16.6 Å². The van der Waals surface area contributed by atoms with Crippen molar-refractivity contribution < 1.29 is 0 Å². The monoisotopic (exact) mass is 243 g/mol. The third-order valence-corrected chi connectivity index (χ3v) is 4.26. The Morgan fingerprint density at radius 1 is 1.28 bits per heavy atom. The molecule has 0 bridgehead atoms. The molecule has 0 aliphatic heterocycles. The average Bonchev–Trinajstić information content (AvgIpc) is 2.89. The number of aromatic amines is 1. The number of hydrogen-bond acceptors (Lipinski definition) is 2. The molecule has 0 spiro atoms. The van der Waals surface area contributed by atoms with Gasteiger partial charge in [0.1, 0.15) is 0 Å². The van der Waals surface area contributed by atoms with Crippen molar-refractivity contribution in [3.8, 4) is 0 Å². The lowest BCUT2D eigenvalue weighted by molar-refractivity contribution is 0.330. The molecule has 1 aromatic carbocycles. The normalized spacial score (nSPS) is 24.3. The van der Waals surface area contributed by atoms with E-state index in [-0.39, 0.29) is 0 Å². The number of anilines is 1. The van der Waals surface area contributed by atoms with Gasteiger partial charge in [-0.15, -0.1) is 0 Å². The molecule has 0 unspecified atom stereocenters. The highest BCUT2D eigenvalue weighted by atomic mass is 15.1. The van der Waals surface area contributed by atoms with Crippen molar-refractivity contribution in [3.05, 3.63) is 24.4 Å². The summed E-state index contributed by atoms with van der Waals surface area (Å²) >= 11 is 0. The molecule has 0 saturated heterocycles. The summed E-state index contributed by atoms with van der Waals surface area (Å²) in [4.78, 5) is 0. The first-order chi connectivity index (χ1) is 8.86. The molecule has 96 valence electrons. The molecule has 1 saturated carbocycles. The van der Waals surface area contributed by atoms with Crippen LogP contribution in [0.5, 0.6) is 0 Å². The zero-order valence-corrected chi connectivity index (χ0v) is 10.9. The standard InChI is InChI=1S/C15H21N3/c1-2-11-6-8-13(9-7-11)17-14-5-3-4-12-10-16-18-15(12)14/h3-5,10-11,13,17H,2,6-9H2,1H3,(H,16,18). The number of rotatable bonds is 3. The number of benzene rings is 1. The van der Waals surface area contributed by atoms with Crippen LogP contribution in [0, 0.1) is 5.92 Å². The van der Waals surface area contributed by atoms with Gasteiger partial charge in [0.25, 0.3) is 0 Å². The van der Waals surface area contributed by atoms with E-state index in [2.05, 4.69) is 40.6 Å². The summed E-state index contributed by atoms with van der Waals surface area (Å²) in [5.74, 6) is 0.950. The Kier molecular flexibility index (Phi) is 3.22. The summed E-state index contributed by atoms with van der Waals surface area (Å²) in [6.45, 7) is 2.31. The molecule has 3 heteroatoms. The Labute approximate surface area is 108 Å². The minimum Gasteiger partial charge on any atom is -0.381 e. The second kappa shape index (κ2) is 5.01. The average molecular weight is 243 g/mol. The maximum atomic E-state index is 4.12. The van der Waals surface area contributed by atoms with Crippen LogP contribution in [0.25, 0.3) is 10.9 Å². The summed E-state index contributed by atoms with van der Waals surface area (Å²) in [7, 11) is 0. The van der Waals surface area contributed by atoms with Gasteiger partial charge < -0.3 is 5.32 Å². The molecular weight excluding hydrogens is 222 g/mol. The molecular formula is C15H21N3. The number of hydrogen-bond donors (Lipinski definition) is 2. The second-order valence-corrected chi connectivity index (χ2v) is 5.41. The van der Waals surface area contributed by atoms with E-state index < -0.39 is 0 Å². The van der Waals surface area contributed by atoms with E-state index in [1.54, 1.807) is 0 Å². The van der Waals surface area contributed by atoms with E-state index in [4.69, 9.17) is 0 Å². The minimum atomic E-state index is 0.627. The van der Waals surface area contributed by atoms with Crippen LogP contribution in [0.2, 0.25) is 0 Å². The van der Waals surface area contributed by atoms with Gasteiger partial charge in [-0.1, -0.05) is 25.5 Å². The topological polar surface area (TPSA) is 40.7 Å². The Morgan fingerprint density at radius 3 is 2.89 bits per heavy atom. The van der Waals surface area contributed by atoms with Crippen LogP contribution in [0.3, 0.4) is 0 Å². The maximum absolute atomic E-state index is 4.12. The van der Waals surface area contributed by atoms with Crippen molar-refractivity contribution in [3.63, 3.8) is 0 Å². The van der Waals surface area contributed by atoms with E-state index in [1.807, 2.05) is 6.20 Å². The van der Waals surface area contributed by atoms with Crippen LogP contribution in [-0.2, 0) is 0 Å². The van der Waals surface area contributed by atoms with E-state index in [0.717, 1.165) is 11.4 Å². The summed E-state index contributed by atoms with van der Waals surface area (Å²) in [6, 6.07) is 6.96. The third-order valence-electron chi connectivity index (χ3n) is 4.26. The Morgan fingerprint density at radius 2 is 2.11 bits per heavy atom. The SMILES string of the molecule is CCC1CCC(Nc2cccc3cn[nH]c23)CC1. The lowest BCUT2D eigenvalue weighted by atomic mass is 9.84. The lowest BCUT2D eigenvalue weighted by Crippen LogP contribution is -2.25. The van der Waals surface area contributed by atoms with Gasteiger partial charge in [0, 0.05) is 11.4 Å². The highest BCUT2D eigenvalue weighted by Gasteiger charge is 2.20. The molecule has 1 aliphatic rings. The fourth-order valence-corrected chi connectivity index (χ4v) is 3.02. The molecule has 1 fully saturated rings. The van der Waals surface area contributed by atoms with E-state index >= 15 is 0 Å². The van der Waals surface area contributed by atoms with Crippen LogP contribution in [0.1, 0.15) is 39.0 Å². The number of para-hydroxylation sites is 1. The van der Waals surface area contributed by atoms with Gasteiger partial charge in [-0.05, 0) is 37.7 Å². The summed E-state index contributed by atoms with van der Waals surface area (Å²) in [5.41, 5.74) is 2.33. The largest absolute Gasteiger partial charge is 0.381 e. The fourth-order valence-electron chi connectivity index (χ4n) is 3.02. The number of nitrogens with one attached hydrogen (secondary N) is 2. The van der Waals surface area contributed by atoms with Crippen LogP contribution in [0.15, 0.2) is 24.4 Å². The van der Waals surface area contributed by atoms with Crippen molar-refractivity contribution in [2.75, 3.05) is 5.32 Å². The zero-order chi connectivity index (χ0) is 12.4. The molecule has 2 aromatic rings.